The molecule has 0 radical (unpaired) electrons. The van der Waals surface area contributed by atoms with Crippen LogP contribution in [0.3, 0.4) is 0 Å². The van der Waals surface area contributed by atoms with Crippen LogP contribution in [0.4, 0.5) is 0 Å². The quantitative estimate of drug-likeness (QED) is 0.657. The summed E-state index contributed by atoms with van der Waals surface area (Å²) >= 11 is 0. The number of pyridine rings is 1. The molecule has 0 saturated heterocycles. The Kier molecular flexibility index (Phi) is 6.69. The number of carboxylic acids is 1. The van der Waals surface area contributed by atoms with Crippen LogP contribution in [0.5, 0.6) is 0 Å². The van der Waals surface area contributed by atoms with Gasteiger partial charge in [-0.2, -0.15) is 0 Å². The van der Waals surface area contributed by atoms with E-state index in [1.165, 1.54) is 10.6 Å². The van der Waals surface area contributed by atoms with Crippen molar-refractivity contribution >= 4 is 17.8 Å². The largest absolute Gasteiger partial charge is 0.481 e. The molecule has 132 valence electrons. The van der Waals surface area contributed by atoms with Gasteiger partial charge in [0.1, 0.15) is 6.54 Å². The minimum absolute atomic E-state index is 0.0139. The zero-order valence-corrected chi connectivity index (χ0v) is 14.3. The molecule has 0 bridgehead atoms. The summed E-state index contributed by atoms with van der Waals surface area (Å²) in [6.45, 7) is 6.63. The minimum Gasteiger partial charge on any atom is -0.481 e. The summed E-state index contributed by atoms with van der Waals surface area (Å²) in [5, 5.41) is 13.8. The first-order valence-corrected chi connectivity index (χ1v) is 7.63. The summed E-state index contributed by atoms with van der Waals surface area (Å²) in [7, 11) is 0. The zero-order chi connectivity index (χ0) is 18.4. The molecule has 8 heteroatoms. The number of aryl methyl sites for hydroxylation is 1. The number of amides is 2. The summed E-state index contributed by atoms with van der Waals surface area (Å²) in [6.07, 6.45) is -0.194. The second-order valence-electron chi connectivity index (χ2n) is 5.83. The zero-order valence-electron chi connectivity index (χ0n) is 14.3. The fraction of sp³-hybridized carbons (Fsp3) is 0.500. The van der Waals surface area contributed by atoms with Gasteiger partial charge in [-0.05, 0) is 33.3 Å². The number of aliphatic carboxylic acids is 1. The Morgan fingerprint density at radius 3 is 2.42 bits per heavy atom. The molecule has 0 aliphatic heterocycles. The maximum Gasteiger partial charge on any atom is 0.305 e. The number of carbonyl (C=O) groups is 3. The number of rotatable bonds is 7. The Morgan fingerprint density at radius 2 is 1.88 bits per heavy atom. The van der Waals surface area contributed by atoms with Crippen LogP contribution in [0.15, 0.2) is 10.9 Å². The molecule has 2 amide bonds. The van der Waals surface area contributed by atoms with Crippen molar-refractivity contribution in [2.24, 2.45) is 0 Å². The molecule has 1 aromatic rings. The maximum absolute atomic E-state index is 12.3. The second kappa shape index (κ2) is 8.28. The van der Waals surface area contributed by atoms with Gasteiger partial charge in [0.15, 0.2) is 0 Å². The number of aromatic nitrogens is 1. The Hall–Kier alpha value is -2.64. The average Bonchev–Trinajstić information content (AvgIpc) is 2.42. The molecule has 0 spiro atoms. The van der Waals surface area contributed by atoms with Gasteiger partial charge in [0.05, 0.1) is 12.0 Å². The molecule has 1 heterocycles. The van der Waals surface area contributed by atoms with Crippen molar-refractivity contribution in [2.75, 3.05) is 6.54 Å². The van der Waals surface area contributed by atoms with Gasteiger partial charge < -0.3 is 20.3 Å². The normalized spacial score (nSPS) is 10.5. The predicted octanol–water partition coefficient (Wildman–Crippen LogP) is 0.194. The van der Waals surface area contributed by atoms with Crippen LogP contribution in [-0.4, -0.2) is 40.0 Å². The van der Waals surface area contributed by atoms with Crippen LogP contribution in [0.1, 0.15) is 41.9 Å². The molecule has 0 fully saturated rings. The molecule has 24 heavy (non-hydrogen) atoms. The number of nitrogens with zero attached hydrogens (tertiary/aromatic N) is 1. The molecule has 0 aliphatic carbocycles. The van der Waals surface area contributed by atoms with Gasteiger partial charge in [-0.15, -0.1) is 0 Å². The predicted molar refractivity (Wildman–Crippen MR) is 88.0 cm³/mol. The summed E-state index contributed by atoms with van der Waals surface area (Å²) < 4.78 is 1.23. The molecule has 1 aromatic heterocycles. The third kappa shape index (κ3) is 5.22. The summed E-state index contributed by atoms with van der Waals surface area (Å²) in [4.78, 5) is 46.8. The first kappa shape index (κ1) is 19.4. The van der Waals surface area contributed by atoms with E-state index in [2.05, 4.69) is 10.6 Å². The highest BCUT2D eigenvalue weighted by atomic mass is 16.4. The lowest BCUT2D eigenvalue weighted by Crippen LogP contribution is -2.38. The van der Waals surface area contributed by atoms with Crippen molar-refractivity contribution in [3.05, 3.63) is 33.2 Å². The van der Waals surface area contributed by atoms with E-state index >= 15 is 0 Å². The Labute approximate surface area is 139 Å². The molecule has 0 unspecified atom stereocenters. The molecule has 3 N–H and O–H groups in total. The highest BCUT2D eigenvalue weighted by Gasteiger charge is 2.18. The van der Waals surface area contributed by atoms with Crippen molar-refractivity contribution in [3.63, 3.8) is 0 Å². The van der Waals surface area contributed by atoms with Crippen LogP contribution in [0, 0.1) is 13.8 Å². The molecule has 8 nitrogen and oxygen atoms in total. The van der Waals surface area contributed by atoms with Crippen molar-refractivity contribution in [2.45, 2.75) is 46.7 Å². The van der Waals surface area contributed by atoms with Crippen molar-refractivity contribution < 1.29 is 19.5 Å². The number of hydrogen-bond acceptors (Lipinski definition) is 4. The van der Waals surface area contributed by atoms with E-state index in [-0.39, 0.29) is 42.6 Å². The number of carbonyl (C=O) groups excluding carboxylic acids is 2. The van der Waals surface area contributed by atoms with Crippen LogP contribution in [0.2, 0.25) is 0 Å². The lowest BCUT2D eigenvalue weighted by molar-refractivity contribution is -0.136. The third-order valence-corrected chi connectivity index (χ3v) is 3.37. The van der Waals surface area contributed by atoms with E-state index in [4.69, 9.17) is 5.11 Å². The average molecular weight is 337 g/mol. The highest BCUT2D eigenvalue weighted by molar-refractivity contribution is 5.96. The standard InChI is InChI=1S/C16H23N3O5/c1-9(2)18-12(20)8-19-11(4)15(10(3)7-13(19)21)16(24)17-6-5-14(22)23/h7,9H,5-6,8H2,1-4H3,(H,17,24)(H,18,20)(H,22,23). The van der Waals surface area contributed by atoms with Gasteiger partial charge in [-0.1, -0.05) is 0 Å². The van der Waals surface area contributed by atoms with Gasteiger partial charge in [-0.25, -0.2) is 0 Å². The molecule has 1 rings (SSSR count). The number of carboxylic acid groups (broad SMARTS) is 1. The van der Waals surface area contributed by atoms with Crippen LogP contribution >= 0.6 is 0 Å². The van der Waals surface area contributed by atoms with Gasteiger partial charge in [0.25, 0.3) is 11.5 Å². The molecule has 0 aromatic carbocycles. The van der Waals surface area contributed by atoms with Gasteiger partial charge >= 0.3 is 5.97 Å². The smallest absolute Gasteiger partial charge is 0.305 e. The maximum atomic E-state index is 12.3. The number of hydrogen-bond donors (Lipinski definition) is 3. The van der Waals surface area contributed by atoms with E-state index in [1.807, 2.05) is 13.8 Å². The Balaban J connectivity index is 3.07. The lowest BCUT2D eigenvalue weighted by Gasteiger charge is -2.16. The second-order valence-corrected chi connectivity index (χ2v) is 5.83. The van der Waals surface area contributed by atoms with Crippen molar-refractivity contribution in [1.82, 2.24) is 15.2 Å². The van der Waals surface area contributed by atoms with Crippen LogP contribution in [0.25, 0.3) is 0 Å². The minimum atomic E-state index is -1.01. The highest BCUT2D eigenvalue weighted by Crippen LogP contribution is 2.11. The van der Waals surface area contributed by atoms with Gasteiger partial charge in [-0.3, -0.25) is 19.2 Å². The topological polar surface area (TPSA) is 118 Å². The van der Waals surface area contributed by atoms with E-state index in [0.717, 1.165) is 0 Å². The molecular formula is C16H23N3O5. The lowest BCUT2D eigenvalue weighted by atomic mass is 10.1. The molecular weight excluding hydrogens is 314 g/mol. The fourth-order valence-electron chi connectivity index (χ4n) is 2.34. The van der Waals surface area contributed by atoms with Crippen molar-refractivity contribution in [3.8, 4) is 0 Å². The van der Waals surface area contributed by atoms with Crippen LogP contribution in [-0.2, 0) is 16.1 Å². The Morgan fingerprint density at radius 1 is 1.25 bits per heavy atom. The van der Waals surface area contributed by atoms with Gasteiger partial charge in [0.2, 0.25) is 5.91 Å². The molecule has 0 aliphatic rings. The summed E-state index contributed by atoms with van der Waals surface area (Å²) in [6, 6.07) is 1.24. The first-order chi connectivity index (χ1) is 11.1. The first-order valence-electron chi connectivity index (χ1n) is 7.63. The fourth-order valence-corrected chi connectivity index (χ4v) is 2.34. The summed E-state index contributed by atoms with van der Waals surface area (Å²) in [5.74, 6) is -1.81. The monoisotopic (exact) mass is 337 g/mol. The Bertz CT molecular complexity index is 706. The molecule has 0 saturated carbocycles. The summed E-state index contributed by atoms with van der Waals surface area (Å²) in [5.41, 5.74) is 0.751. The van der Waals surface area contributed by atoms with Crippen molar-refractivity contribution in [1.29, 1.82) is 0 Å². The van der Waals surface area contributed by atoms with E-state index in [9.17, 15) is 19.2 Å². The molecule has 0 atom stereocenters. The van der Waals surface area contributed by atoms with E-state index in [1.54, 1.807) is 13.8 Å². The van der Waals surface area contributed by atoms with E-state index in [0.29, 0.717) is 11.3 Å². The SMILES string of the molecule is Cc1cc(=O)n(CC(=O)NC(C)C)c(C)c1C(=O)NCCC(=O)O. The third-order valence-electron chi connectivity index (χ3n) is 3.37. The number of nitrogens with one attached hydrogen (secondary N) is 2. The van der Waals surface area contributed by atoms with E-state index < -0.39 is 11.9 Å². The van der Waals surface area contributed by atoms with Crippen LogP contribution < -0.4 is 16.2 Å². The van der Waals surface area contributed by atoms with Gasteiger partial charge in [0, 0.05) is 24.3 Å².